The van der Waals surface area contributed by atoms with Crippen molar-refractivity contribution in [3.05, 3.63) is 51.2 Å². The Labute approximate surface area is 184 Å². The van der Waals surface area contributed by atoms with E-state index in [1.165, 1.54) is 16.2 Å². The minimum Gasteiger partial charge on any atom is -0.465 e. The van der Waals surface area contributed by atoms with Crippen LogP contribution in [0.1, 0.15) is 50.2 Å². The van der Waals surface area contributed by atoms with Crippen LogP contribution in [-0.2, 0) is 4.74 Å². The van der Waals surface area contributed by atoms with Crippen LogP contribution in [0.5, 0.6) is 0 Å². The lowest BCUT2D eigenvalue weighted by Gasteiger charge is -2.31. The molecule has 1 aliphatic rings. The van der Waals surface area contributed by atoms with Crippen LogP contribution in [0.4, 0.5) is 10.5 Å². The van der Waals surface area contributed by atoms with Crippen LogP contribution in [0, 0.1) is 11.8 Å². The molecule has 0 unspecified atom stereocenters. The van der Waals surface area contributed by atoms with Gasteiger partial charge in [-0.15, -0.1) is 11.3 Å². The number of carbonyl (C=O) groups excluding carboxylic acids is 2. The van der Waals surface area contributed by atoms with Crippen molar-refractivity contribution in [1.29, 1.82) is 0 Å². The molecule has 8 nitrogen and oxygen atoms in total. The zero-order valence-electron chi connectivity index (χ0n) is 17.0. The molecule has 0 spiro atoms. The standard InChI is InChI=1S/C22H23N3O5S/c1-2-30-21(27)15-8-5-14(6-9-15)7-10-17-12-18(23)19(31-17)20(26)24-16-4-3-11-25(13-16)22(28)29/h5-6,8-9,12,16H,2-4,11,13,23H2,1H3,(H,24,26)(H,28,29)/t16-/m0/s1. The van der Waals surface area contributed by atoms with Gasteiger partial charge in [-0.05, 0) is 50.1 Å². The first-order valence-corrected chi connectivity index (χ1v) is 10.7. The van der Waals surface area contributed by atoms with Gasteiger partial charge >= 0.3 is 12.1 Å². The number of amides is 2. The summed E-state index contributed by atoms with van der Waals surface area (Å²) < 4.78 is 4.95. The van der Waals surface area contributed by atoms with Gasteiger partial charge in [-0.25, -0.2) is 9.59 Å². The lowest BCUT2D eigenvalue weighted by atomic mass is 10.1. The fourth-order valence-corrected chi connectivity index (χ4v) is 4.04. The van der Waals surface area contributed by atoms with E-state index in [0.717, 1.165) is 6.42 Å². The van der Waals surface area contributed by atoms with Crippen LogP contribution in [-0.4, -0.2) is 53.7 Å². The summed E-state index contributed by atoms with van der Waals surface area (Å²) in [6, 6.07) is 8.14. The highest BCUT2D eigenvalue weighted by molar-refractivity contribution is 7.15. The second kappa shape index (κ2) is 10.00. The molecule has 31 heavy (non-hydrogen) atoms. The highest BCUT2D eigenvalue weighted by atomic mass is 32.1. The average Bonchev–Trinajstić information content (AvgIpc) is 3.13. The summed E-state index contributed by atoms with van der Waals surface area (Å²) in [4.78, 5) is 37.7. The van der Waals surface area contributed by atoms with Gasteiger partial charge in [0.15, 0.2) is 0 Å². The number of hydrogen-bond donors (Lipinski definition) is 3. The van der Waals surface area contributed by atoms with E-state index < -0.39 is 6.09 Å². The predicted molar refractivity (Wildman–Crippen MR) is 117 cm³/mol. The zero-order chi connectivity index (χ0) is 22.4. The van der Waals surface area contributed by atoms with Crippen molar-refractivity contribution in [2.75, 3.05) is 25.4 Å². The lowest BCUT2D eigenvalue weighted by molar-refractivity contribution is 0.0526. The molecule has 1 aromatic heterocycles. The second-order valence-electron chi connectivity index (χ2n) is 6.98. The maximum absolute atomic E-state index is 12.6. The molecule has 1 atom stereocenters. The number of nitrogens with two attached hydrogens (primary N) is 1. The average molecular weight is 442 g/mol. The monoisotopic (exact) mass is 441 g/mol. The number of benzene rings is 1. The van der Waals surface area contributed by atoms with E-state index >= 15 is 0 Å². The van der Waals surface area contributed by atoms with Gasteiger partial charge in [0.1, 0.15) is 4.88 Å². The van der Waals surface area contributed by atoms with Crippen LogP contribution in [0.2, 0.25) is 0 Å². The van der Waals surface area contributed by atoms with E-state index in [2.05, 4.69) is 17.2 Å². The summed E-state index contributed by atoms with van der Waals surface area (Å²) in [6.45, 7) is 2.80. The largest absolute Gasteiger partial charge is 0.465 e. The number of likely N-dealkylation sites (tertiary alicyclic amines) is 1. The number of rotatable bonds is 4. The topological polar surface area (TPSA) is 122 Å². The molecule has 1 saturated heterocycles. The summed E-state index contributed by atoms with van der Waals surface area (Å²) in [5, 5.41) is 12.0. The maximum atomic E-state index is 12.6. The number of nitrogens with zero attached hydrogens (tertiary/aromatic N) is 1. The fraction of sp³-hybridized carbons (Fsp3) is 0.318. The molecule has 1 aliphatic heterocycles. The Kier molecular flexibility index (Phi) is 7.15. The molecule has 0 radical (unpaired) electrons. The number of carboxylic acid groups (broad SMARTS) is 1. The van der Waals surface area contributed by atoms with Gasteiger partial charge in [0.05, 0.1) is 22.7 Å². The normalized spacial score (nSPS) is 15.5. The number of esters is 1. The molecule has 0 saturated carbocycles. The van der Waals surface area contributed by atoms with E-state index in [9.17, 15) is 14.4 Å². The van der Waals surface area contributed by atoms with Crippen LogP contribution in [0.25, 0.3) is 0 Å². The number of piperidine rings is 1. The summed E-state index contributed by atoms with van der Waals surface area (Å²) >= 11 is 1.18. The predicted octanol–water partition coefficient (Wildman–Crippen LogP) is 2.78. The van der Waals surface area contributed by atoms with Gasteiger partial charge in [0.25, 0.3) is 5.91 Å². The zero-order valence-corrected chi connectivity index (χ0v) is 17.8. The Morgan fingerprint density at radius 2 is 2.03 bits per heavy atom. The van der Waals surface area contributed by atoms with E-state index in [1.807, 2.05) is 0 Å². The van der Waals surface area contributed by atoms with Crippen LogP contribution in [0.15, 0.2) is 30.3 Å². The highest BCUT2D eigenvalue weighted by Crippen LogP contribution is 2.24. The number of thiophene rings is 1. The van der Waals surface area contributed by atoms with Crippen LogP contribution < -0.4 is 11.1 Å². The molecule has 3 rings (SSSR count). The molecule has 1 fully saturated rings. The molecule has 9 heteroatoms. The molecule has 2 heterocycles. The van der Waals surface area contributed by atoms with E-state index in [0.29, 0.717) is 46.1 Å². The van der Waals surface area contributed by atoms with Crippen molar-refractivity contribution < 1.29 is 24.2 Å². The number of nitrogens with one attached hydrogen (secondary N) is 1. The third kappa shape index (κ3) is 5.77. The number of anilines is 1. The molecule has 0 aliphatic carbocycles. The van der Waals surface area contributed by atoms with Crippen LogP contribution >= 0.6 is 11.3 Å². The summed E-state index contributed by atoms with van der Waals surface area (Å²) in [7, 11) is 0. The summed E-state index contributed by atoms with van der Waals surface area (Å²) in [5.74, 6) is 5.26. The minimum absolute atomic E-state index is 0.244. The van der Waals surface area contributed by atoms with Crippen LogP contribution in [0.3, 0.4) is 0 Å². The fourth-order valence-electron chi connectivity index (χ4n) is 3.20. The Hall–Kier alpha value is -3.51. The van der Waals surface area contributed by atoms with Crippen molar-refractivity contribution in [2.45, 2.75) is 25.8 Å². The summed E-state index contributed by atoms with van der Waals surface area (Å²) in [5.41, 5.74) is 7.49. The molecule has 1 aromatic carbocycles. The van der Waals surface area contributed by atoms with Gasteiger partial charge < -0.3 is 25.8 Å². The molecule has 2 aromatic rings. The minimum atomic E-state index is -0.984. The Bertz CT molecular complexity index is 1040. The number of nitrogen functional groups attached to an aromatic ring is 1. The highest BCUT2D eigenvalue weighted by Gasteiger charge is 2.25. The Morgan fingerprint density at radius 1 is 1.29 bits per heavy atom. The van der Waals surface area contributed by atoms with E-state index in [-0.39, 0.29) is 24.5 Å². The van der Waals surface area contributed by atoms with Gasteiger partial charge in [-0.2, -0.15) is 0 Å². The van der Waals surface area contributed by atoms with Crippen molar-refractivity contribution in [2.24, 2.45) is 0 Å². The lowest BCUT2D eigenvalue weighted by Crippen LogP contribution is -2.49. The van der Waals surface area contributed by atoms with Gasteiger partial charge in [0, 0.05) is 24.7 Å². The quantitative estimate of drug-likeness (QED) is 0.495. The molecular formula is C22H23N3O5S. The van der Waals surface area contributed by atoms with Gasteiger partial charge in [-0.1, -0.05) is 11.8 Å². The molecule has 4 N–H and O–H groups in total. The van der Waals surface area contributed by atoms with Gasteiger partial charge in [-0.3, -0.25) is 4.79 Å². The number of carbonyl (C=O) groups is 3. The second-order valence-corrected chi connectivity index (χ2v) is 8.04. The molecular weight excluding hydrogens is 418 g/mol. The van der Waals surface area contributed by atoms with Crippen molar-refractivity contribution in [1.82, 2.24) is 10.2 Å². The SMILES string of the molecule is CCOC(=O)c1ccc(C#Cc2cc(N)c(C(=O)N[C@H]3CCCN(C(=O)O)C3)s2)cc1. The number of hydrogen-bond acceptors (Lipinski definition) is 6. The summed E-state index contributed by atoms with van der Waals surface area (Å²) in [6.07, 6.45) is 0.431. The van der Waals surface area contributed by atoms with Crippen molar-refractivity contribution >= 4 is 35.0 Å². The van der Waals surface area contributed by atoms with Gasteiger partial charge in [0.2, 0.25) is 0 Å². The van der Waals surface area contributed by atoms with Crippen molar-refractivity contribution in [3.8, 4) is 11.8 Å². The molecule has 162 valence electrons. The first-order chi connectivity index (χ1) is 14.9. The van der Waals surface area contributed by atoms with Crippen molar-refractivity contribution in [3.63, 3.8) is 0 Å². The third-order valence-corrected chi connectivity index (χ3v) is 5.79. The Balaban J connectivity index is 1.65. The smallest absolute Gasteiger partial charge is 0.407 e. The first kappa shape index (κ1) is 22.2. The molecule has 2 amide bonds. The third-order valence-electron chi connectivity index (χ3n) is 4.72. The maximum Gasteiger partial charge on any atom is 0.407 e. The Morgan fingerprint density at radius 3 is 2.71 bits per heavy atom. The van der Waals surface area contributed by atoms with E-state index in [4.69, 9.17) is 15.6 Å². The molecule has 0 bridgehead atoms. The first-order valence-electron chi connectivity index (χ1n) is 9.84. The number of ether oxygens (including phenoxy) is 1. The van der Waals surface area contributed by atoms with E-state index in [1.54, 1.807) is 37.3 Å².